The van der Waals surface area contributed by atoms with Gasteiger partial charge in [0.1, 0.15) is 0 Å². The Hall–Kier alpha value is -1.08. The highest BCUT2D eigenvalue weighted by atomic mass is 35.5. The maximum Gasteiger partial charge on any atom is 0.179 e. The number of nitrogens with one attached hydrogen (secondary N) is 1. The molecule has 0 spiro atoms. The van der Waals surface area contributed by atoms with Gasteiger partial charge >= 0.3 is 0 Å². The van der Waals surface area contributed by atoms with Gasteiger partial charge in [-0.25, -0.2) is 4.99 Å². The Labute approximate surface area is 154 Å². The average molecular weight is 382 g/mol. The molecular formula is C16H16ClN3S3. The van der Waals surface area contributed by atoms with Crippen LogP contribution in [0, 0.1) is 6.92 Å². The third kappa shape index (κ3) is 4.07. The van der Waals surface area contributed by atoms with Crippen molar-refractivity contribution in [2.75, 3.05) is 11.9 Å². The highest BCUT2D eigenvalue weighted by Crippen LogP contribution is 2.31. The van der Waals surface area contributed by atoms with Gasteiger partial charge in [-0.2, -0.15) is 0 Å². The second-order valence-corrected chi connectivity index (χ2v) is 8.58. The molecule has 0 bridgehead atoms. The number of halogens is 1. The van der Waals surface area contributed by atoms with Gasteiger partial charge in [0.25, 0.3) is 0 Å². The van der Waals surface area contributed by atoms with E-state index in [0.29, 0.717) is 15.4 Å². The third-order valence-corrected chi connectivity index (χ3v) is 5.81. The lowest BCUT2D eigenvalue weighted by atomic mass is 10.3. The molecule has 23 heavy (non-hydrogen) atoms. The van der Waals surface area contributed by atoms with Gasteiger partial charge in [-0.3, -0.25) is 4.90 Å². The van der Waals surface area contributed by atoms with E-state index < -0.39 is 0 Å². The monoisotopic (exact) mass is 381 g/mol. The Morgan fingerprint density at radius 1 is 1.43 bits per heavy atom. The molecule has 120 valence electrons. The standard InChI is InChI=1S/C16H16ClN3S3/c1-10-9-20(15(21)18-13-5-3-4-12(17)8-13)16(23-10)19-14-6-7-22-11(14)2/h3-8,10H,9H2,1-2H3,(H,18,21). The molecule has 0 aliphatic carbocycles. The zero-order valence-corrected chi connectivity index (χ0v) is 16.0. The van der Waals surface area contributed by atoms with Gasteiger partial charge in [-0.15, -0.1) is 11.3 Å². The largest absolute Gasteiger partial charge is 0.332 e. The highest BCUT2D eigenvalue weighted by Gasteiger charge is 2.29. The Balaban J connectivity index is 1.80. The fraction of sp³-hybridized carbons (Fsp3) is 0.250. The first-order chi connectivity index (χ1) is 11.0. The number of aliphatic imine (C=N–C) groups is 1. The Morgan fingerprint density at radius 2 is 2.26 bits per heavy atom. The molecule has 1 saturated heterocycles. The first-order valence-corrected chi connectivity index (χ1v) is 9.71. The Morgan fingerprint density at radius 3 is 2.96 bits per heavy atom. The van der Waals surface area contributed by atoms with Crippen molar-refractivity contribution in [3.63, 3.8) is 0 Å². The predicted molar refractivity (Wildman–Crippen MR) is 108 cm³/mol. The normalized spacial score (nSPS) is 19.3. The van der Waals surface area contributed by atoms with E-state index in [0.717, 1.165) is 23.1 Å². The Kier molecular flexibility index (Phi) is 5.26. The topological polar surface area (TPSA) is 27.6 Å². The lowest BCUT2D eigenvalue weighted by Crippen LogP contribution is -2.36. The number of rotatable bonds is 2. The van der Waals surface area contributed by atoms with E-state index in [1.54, 1.807) is 23.1 Å². The van der Waals surface area contributed by atoms with Crippen molar-refractivity contribution in [2.45, 2.75) is 19.1 Å². The van der Waals surface area contributed by atoms with Gasteiger partial charge in [0.2, 0.25) is 0 Å². The van der Waals surface area contributed by atoms with Crippen molar-refractivity contribution in [2.24, 2.45) is 4.99 Å². The molecular weight excluding hydrogens is 366 g/mol. The molecule has 2 aromatic rings. The number of thioether (sulfide) groups is 1. The molecule has 1 aromatic heterocycles. The summed E-state index contributed by atoms with van der Waals surface area (Å²) in [4.78, 5) is 8.06. The van der Waals surface area contributed by atoms with Crippen LogP contribution in [0.1, 0.15) is 11.8 Å². The number of hydrogen-bond donors (Lipinski definition) is 1. The summed E-state index contributed by atoms with van der Waals surface area (Å²) in [6.45, 7) is 5.11. The van der Waals surface area contributed by atoms with E-state index in [-0.39, 0.29) is 0 Å². The van der Waals surface area contributed by atoms with Crippen molar-refractivity contribution in [3.05, 3.63) is 45.6 Å². The van der Waals surface area contributed by atoms with Crippen LogP contribution in [-0.2, 0) is 0 Å². The number of hydrogen-bond acceptors (Lipinski definition) is 4. The first kappa shape index (κ1) is 16.8. The van der Waals surface area contributed by atoms with Crippen LogP contribution in [0.5, 0.6) is 0 Å². The van der Waals surface area contributed by atoms with Crippen LogP contribution in [0.4, 0.5) is 11.4 Å². The summed E-state index contributed by atoms with van der Waals surface area (Å²) in [5, 5.41) is 8.04. The molecule has 1 N–H and O–H groups in total. The molecule has 2 heterocycles. The molecule has 1 aliphatic heterocycles. The number of aryl methyl sites for hydroxylation is 1. The van der Waals surface area contributed by atoms with Crippen LogP contribution >= 0.6 is 46.9 Å². The number of anilines is 1. The van der Waals surface area contributed by atoms with E-state index in [9.17, 15) is 0 Å². The summed E-state index contributed by atoms with van der Waals surface area (Å²) in [5.41, 5.74) is 1.90. The van der Waals surface area contributed by atoms with Gasteiger partial charge < -0.3 is 5.32 Å². The molecule has 1 unspecified atom stereocenters. The van der Waals surface area contributed by atoms with Crippen LogP contribution in [0.15, 0.2) is 40.7 Å². The van der Waals surface area contributed by atoms with Crippen molar-refractivity contribution in [1.29, 1.82) is 0 Å². The molecule has 1 aromatic carbocycles. The highest BCUT2D eigenvalue weighted by molar-refractivity contribution is 8.14. The fourth-order valence-corrected chi connectivity index (χ4v) is 4.42. The smallest absolute Gasteiger partial charge is 0.179 e. The van der Waals surface area contributed by atoms with E-state index in [2.05, 4.69) is 29.4 Å². The fourth-order valence-electron chi connectivity index (χ4n) is 2.23. The minimum absolute atomic E-state index is 0.451. The van der Waals surface area contributed by atoms with E-state index in [1.807, 2.05) is 30.3 Å². The average Bonchev–Trinajstić information content (AvgIpc) is 3.06. The van der Waals surface area contributed by atoms with Crippen molar-refractivity contribution in [1.82, 2.24) is 4.90 Å². The second-order valence-electron chi connectivity index (χ2n) is 5.24. The van der Waals surface area contributed by atoms with Crippen molar-refractivity contribution >= 4 is 68.6 Å². The molecule has 0 amide bonds. The van der Waals surface area contributed by atoms with Gasteiger partial charge in [0, 0.05) is 27.4 Å². The summed E-state index contributed by atoms with van der Waals surface area (Å²) in [5.74, 6) is 0. The molecule has 3 rings (SSSR count). The van der Waals surface area contributed by atoms with Crippen molar-refractivity contribution < 1.29 is 0 Å². The summed E-state index contributed by atoms with van der Waals surface area (Å²) in [6.07, 6.45) is 0. The summed E-state index contributed by atoms with van der Waals surface area (Å²) >= 11 is 15.1. The lowest BCUT2D eigenvalue weighted by Gasteiger charge is -2.20. The van der Waals surface area contributed by atoms with Crippen LogP contribution in [-0.4, -0.2) is 27.0 Å². The van der Waals surface area contributed by atoms with Gasteiger partial charge in [0.05, 0.1) is 5.69 Å². The zero-order valence-electron chi connectivity index (χ0n) is 12.7. The number of thiophene rings is 1. The second kappa shape index (κ2) is 7.21. The molecule has 1 atom stereocenters. The number of amidine groups is 1. The minimum Gasteiger partial charge on any atom is -0.332 e. The van der Waals surface area contributed by atoms with Crippen LogP contribution in [0.3, 0.4) is 0 Å². The SMILES string of the molecule is Cc1sccc1N=C1SC(C)CN1C(=S)Nc1cccc(Cl)c1. The van der Waals surface area contributed by atoms with E-state index in [4.69, 9.17) is 28.8 Å². The molecule has 0 saturated carbocycles. The maximum absolute atomic E-state index is 6.03. The molecule has 1 aliphatic rings. The van der Waals surface area contributed by atoms with Crippen LogP contribution < -0.4 is 5.32 Å². The molecule has 1 fully saturated rings. The lowest BCUT2D eigenvalue weighted by molar-refractivity contribution is 0.641. The Bertz CT molecular complexity index is 757. The molecule has 7 heteroatoms. The molecule has 3 nitrogen and oxygen atoms in total. The summed E-state index contributed by atoms with van der Waals surface area (Å²) in [6, 6.07) is 9.60. The number of benzene rings is 1. The van der Waals surface area contributed by atoms with Gasteiger partial charge in [0.15, 0.2) is 10.3 Å². The van der Waals surface area contributed by atoms with E-state index in [1.165, 1.54) is 4.88 Å². The third-order valence-electron chi connectivity index (χ3n) is 3.35. The van der Waals surface area contributed by atoms with Crippen molar-refractivity contribution in [3.8, 4) is 0 Å². The number of nitrogens with zero attached hydrogens (tertiary/aromatic N) is 2. The van der Waals surface area contributed by atoms with Gasteiger partial charge in [-0.1, -0.05) is 36.4 Å². The number of thiocarbonyl (C=S) groups is 1. The van der Waals surface area contributed by atoms with E-state index >= 15 is 0 Å². The first-order valence-electron chi connectivity index (χ1n) is 7.16. The maximum atomic E-state index is 6.03. The van der Waals surface area contributed by atoms with Crippen LogP contribution in [0.2, 0.25) is 5.02 Å². The van der Waals surface area contributed by atoms with Gasteiger partial charge in [-0.05, 0) is 48.8 Å². The quantitative estimate of drug-likeness (QED) is 0.692. The zero-order chi connectivity index (χ0) is 16.4. The minimum atomic E-state index is 0.451. The summed E-state index contributed by atoms with van der Waals surface area (Å²) < 4.78 is 0. The van der Waals surface area contributed by atoms with Crippen LogP contribution in [0.25, 0.3) is 0 Å². The summed E-state index contributed by atoms with van der Waals surface area (Å²) in [7, 11) is 0. The predicted octanol–water partition coefficient (Wildman–Crippen LogP) is 5.53. The molecule has 0 radical (unpaired) electrons.